The Kier molecular flexibility index (Phi) is 7.72. The minimum atomic E-state index is -1.12. The molecule has 1 atom stereocenters. The number of benzene rings is 3. The van der Waals surface area contributed by atoms with E-state index in [0.29, 0.717) is 28.9 Å². The first-order valence-corrected chi connectivity index (χ1v) is 9.87. The van der Waals surface area contributed by atoms with Crippen molar-refractivity contribution in [3.05, 3.63) is 100 Å². The average Bonchev–Trinajstić information content (AvgIpc) is 2.70. The van der Waals surface area contributed by atoms with Gasteiger partial charge in [-0.05, 0) is 47.5 Å². The molecule has 0 spiro atoms. The van der Waals surface area contributed by atoms with Gasteiger partial charge in [-0.2, -0.15) is 0 Å². The number of nitrogens with zero attached hydrogens (tertiary/aromatic N) is 1. The summed E-state index contributed by atoms with van der Waals surface area (Å²) in [4.78, 5) is 2.08. The molecule has 0 aliphatic rings. The largest absolute Gasteiger partial charge is 0.491 e. The maximum Gasteiger partial charge on any atom is 0.147 e. The van der Waals surface area contributed by atoms with Crippen molar-refractivity contribution in [2.75, 3.05) is 13.2 Å². The van der Waals surface area contributed by atoms with Crippen LogP contribution >= 0.6 is 23.2 Å². The van der Waals surface area contributed by atoms with E-state index >= 15 is 0 Å². The quantitative estimate of drug-likeness (QED) is 0.398. The van der Waals surface area contributed by atoms with Crippen molar-refractivity contribution in [2.45, 2.75) is 19.3 Å². The van der Waals surface area contributed by atoms with Crippen LogP contribution in [0.2, 0.25) is 10.0 Å². The highest BCUT2D eigenvalue weighted by Gasteiger charge is 2.15. The summed E-state index contributed by atoms with van der Waals surface area (Å²) < 4.78 is 20.2. The zero-order valence-electron chi connectivity index (χ0n) is 15.4. The summed E-state index contributed by atoms with van der Waals surface area (Å²) in [7, 11) is 0. The van der Waals surface area contributed by atoms with Crippen LogP contribution in [-0.4, -0.2) is 24.2 Å². The number of alkyl halides is 1. The third-order valence-corrected chi connectivity index (χ3v) is 4.77. The first-order chi connectivity index (χ1) is 13.6. The molecule has 0 aliphatic carbocycles. The highest BCUT2D eigenvalue weighted by Crippen LogP contribution is 2.17. The van der Waals surface area contributed by atoms with Crippen LogP contribution in [-0.2, 0) is 13.1 Å². The van der Waals surface area contributed by atoms with Crippen LogP contribution in [0.4, 0.5) is 4.39 Å². The third-order valence-electron chi connectivity index (χ3n) is 4.27. The molecular formula is C23H22Cl2FNO. The second-order valence-corrected chi connectivity index (χ2v) is 7.52. The normalized spacial score (nSPS) is 12.1. The number of hydrogen-bond donors (Lipinski definition) is 0. The molecule has 3 rings (SSSR count). The van der Waals surface area contributed by atoms with E-state index in [4.69, 9.17) is 27.9 Å². The Labute approximate surface area is 175 Å². The molecular weight excluding hydrogens is 396 g/mol. The van der Waals surface area contributed by atoms with Crippen LogP contribution in [0.15, 0.2) is 78.9 Å². The van der Waals surface area contributed by atoms with Gasteiger partial charge in [-0.1, -0.05) is 65.7 Å². The second-order valence-electron chi connectivity index (χ2n) is 6.64. The molecule has 0 aromatic heterocycles. The van der Waals surface area contributed by atoms with Gasteiger partial charge in [0, 0.05) is 29.7 Å². The molecule has 0 fully saturated rings. The van der Waals surface area contributed by atoms with Gasteiger partial charge in [-0.3, -0.25) is 4.90 Å². The van der Waals surface area contributed by atoms with E-state index in [-0.39, 0.29) is 13.2 Å². The summed E-state index contributed by atoms with van der Waals surface area (Å²) in [6.45, 7) is 1.55. The lowest BCUT2D eigenvalue weighted by atomic mass is 10.1. The average molecular weight is 418 g/mol. The van der Waals surface area contributed by atoms with Gasteiger partial charge in [0.1, 0.15) is 18.5 Å². The predicted octanol–water partition coefficient (Wildman–Crippen LogP) is 6.41. The second kappa shape index (κ2) is 10.5. The molecule has 2 nitrogen and oxygen atoms in total. The first-order valence-electron chi connectivity index (χ1n) is 9.11. The molecule has 3 aromatic rings. The smallest absolute Gasteiger partial charge is 0.147 e. The fourth-order valence-corrected chi connectivity index (χ4v) is 3.18. The van der Waals surface area contributed by atoms with E-state index in [1.54, 1.807) is 24.3 Å². The van der Waals surface area contributed by atoms with Gasteiger partial charge in [0.15, 0.2) is 0 Å². The molecule has 5 heteroatoms. The van der Waals surface area contributed by atoms with Gasteiger partial charge in [0.2, 0.25) is 0 Å². The molecule has 0 aliphatic heterocycles. The molecule has 0 radical (unpaired) electrons. The van der Waals surface area contributed by atoms with Crippen LogP contribution in [0.5, 0.6) is 5.75 Å². The van der Waals surface area contributed by atoms with Crippen molar-refractivity contribution in [1.29, 1.82) is 0 Å². The lowest BCUT2D eigenvalue weighted by molar-refractivity contribution is 0.129. The summed E-state index contributed by atoms with van der Waals surface area (Å²) in [5, 5.41) is 1.32. The maximum atomic E-state index is 14.7. The van der Waals surface area contributed by atoms with Gasteiger partial charge in [0.05, 0.1) is 0 Å². The van der Waals surface area contributed by atoms with E-state index < -0.39 is 6.17 Å². The van der Waals surface area contributed by atoms with Crippen LogP contribution in [0.25, 0.3) is 0 Å². The Bertz CT molecular complexity index is 841. The highest BCUT2D eigenvalue weighted by molar-refractivity contribution is 6.30. The monoisotopic (exact) mass is 417 g/mol. The highest BCUT2D eigenvalue weighted by atomic mass is 35.5. The Morgan fingerprint density at radius 2 is 1.29 bits per heavy atom. The molecule has 0 heterocycles. The first kappa shape index (κ1) is 20.7. The summed E-state index contributed by atoms with van der Waals surface area (Å²) in [6.07, 6.45) is -1.12. The van der Waals surface area contributed by atoms with Crippen molar-refractivity contribution in [1.82, 2.24) is 4.90 Å². The fourth-order valence-electron chi connectivity index (χ4n) is 2.92. The van der Waals surface area contributed by atoms with Crippen LogP contribution < -0.4 is 4.74 Å². The minimum Gasteiger partial charge on any atom is -0.491 e. The van der Waals surface area contributed by atoms with Gasteiger partial charge >= 0.3 is 0 Å². The zero-order chi connectivity index (χ0) is 19.8. The minimum absolute atomic E-state index is 0.00641. The van der Waals surface area contributed by atoms with E-state index in [1.165, 1.54) is 0 Å². The molecule has 0 bridgehead atoms. The summed E-state index contributed by atoms with van der Waals surface area (Å²) in [6, 6.07) is 24.6. The molecule has 0 saturated carbocycles. The Morgan fingerprint density at radius 1 is 0.750 bits per heavy atom. The van der Waals surface area contributed by atoms with Crippen molar-refractivity contribution >= 4 is 23.2 Å². The van der Waals surface area contributed by atoms with Gasteiger partial charge in [-0.15, -0.1) is 0 Å². The number of halogens is 3. The molecule has 28 heavy (non-hydrogen) atoms. The van der Waals surface area contributed by atoms with Gasteiger partial charge in [-0.25, -0.2) is 4.39 Å². The summed E-state index contributed by atoms with van der Waals surface area (Å²) in [5.41, 5.74) is 2.23. The number of rotatable bonds is 9. The van der Waals surface area contributed by atoms with Crippen molar-refractivity contribution in [3.63, 3.8) is 0 Å². The molecule has 146 valence electrons. The Hall–Kier alpha value is -2.07. The standard InChI is InChI=1S/C23H22Cl2FNO/c24-20-8-6-19(7-9-20)15-27(14-18-4-2-1-3-5-18)16-22(26)17-28-23-12-10-21(25)11-13-23/h1-13,22H,14-17H2. The maximum absolute atomic E-state index is 14.7. The zero-order valence-corrected chi connectivity index (χ0v) is 16.9. The molecule has 0 amide bonds. The number of hydrogen-bond acceptors (Lipinski definition) is 2. The topological polar surface area (TPSA) is 12.5 Å². The van der Waals surface area contributed by atoms with E-state index in [2.05, 4.69) is 4.90 Å². The Morgan fingerprint density at radius 3 is 1.89 bits per heavy atom. The van der Waals surface area contributed by atoms with Crippen LogP contribution in [0, 0.1) is 0 Å². The summed E-state index contributed by atoms with van der Waals surface area (Å²) in [5.74, 6) is 0.611. The van der Waals surface area contributed by atoms with Crippen molar-refractivity contribution < 1.29 is 9.13 Å². The molecule has 1 unspecified atom stereocenters. The Balaban J connectivity index is 1.61. The molecule has 3 aromatic carbocycles. The number of ether oxygens (including phenoxy) is 1. The van der Waals surface area contributed by atoms with E-state index in [9.17, 15) is 4.39 Å². The molecule has 0 N–H and O–H groups in total. The predicted molar refractivity (Wildman–Crippen MR) is 114 cm³/mol. The van der Waals surface area contributed by atoms with E-state index in [0.717, 1.165) is 11.1 Å². The van der Waals surface area contributed by atoms with Gasteiger partial charge < -0.3 is 4.74 Å². The lowest BCUT2D eigenvalue weighted by Crippen LogP contribution is -2.32. The fraction of sp³-hybridized carbons (Fsp3) is 0.217. The lowest BCUT2D eigenvalue weighted by Gasteiger charge is -2.24. The molecule has 0 saturated heterocycles. The third kappa shape index (κ3) is 6.83. The summed E-state index contributed by atoms with van der Waals surface area (Å²) >= 11 is 11.8. The van der Waals surface area contributed by atoms with Crippen molar-refractivity contribution in [3.8, 4) is 5.75 Å². The van der Waals surface area contributed by atoms with Crippen molar-refractivity contribution in [2.24, 2.45) is 0 Å². The van der Waals surface area contributed by atoms with E-state index in [1.807, 2.05) is 54.6 Å². The van der Waals surface area contributed by atoms with Crippen LogP contribution in [0.1, 0.15) is 11.1 Å². The SMILES string of the molecule is FC(COc1ccc(Cl)cc1)CN(Cc1ccccc1)Cc1ccc(Cl)cc1. The van der Waals surface area contributed by atoms with Gasteiger partial charge in [0.25, 0.3) is 0 Å². The van der Waals surface area contributed by atoms with Crippen LogP contribution in [0.3, 0.4) is 0 Å².